The zero-order chi connectivity index (χ0) is 10.1. The third-order valence-corrected chi connectivity index (χ3v) is 3.39. The largest absolute Gasteiger partial charge is 0.170 e. The van der Waals surface area contributed by atoms with Gasteiger partial charge in [-0.05, 0) is 25.1 Å². The van der Waals surface area contributed by atoms with Crippen molar-refractivity contribution in [1.82, 2.24) is 10.2 Å². The Hall–Kier alpha value is -0.640. The third kappa shape index (κ3) is 1.90. The van der Waals surface area contributed by atoms with Gasteiger partial charge in [0.25, 0.3) is 0 Å². The van der Waals surface area contributed by atoms with Gasteiger partial charge < -0.3 is 0 Å². The normalized spacial score (nSPS) is 10.5. The number of hydrogen-bond acceptors (Lipinski definition) is 3. The summed E-state index contributed by atoms with van der Waals surface area (Å²) < 4.78 is 0. The molecule has 0 unspecified atom stereocenters. The van der Waals surface area contributed by atoms with Gasteiger partial charge in [-0.3, -0.25) is 0 Å². The summed E-state index contributed by atoms with van der Waals surface area (Å²) in [5, 5.41) is 8.39. The highest BCUT2D eigenvalue weighted by Crippen LogP contribution is 2.29. The predicted molar refractivity (Wildman–Crippen MR) is 60.1 cm³/mol. The molecule has 0 aliphatic carbocycles. The lowest BCUT2D eigenvalue weighted by molar-refractivity contribution is 1.04. The Morgan fingerprint density at radius 3 is 2.57 bits per heavy atom. The van der Waals surface area contributed by atoms with Crippen LogP contribution in [0.15, 0.2) is 18.2 Å². The number of nitrogens with zero attached hydrogens (tertiary/aromatic N) is 2. The molecular weight excluding hydrogens is 239 g/mol. The Bertz CT molecular complexity index is 468. The molecule has 0 aliphatic rings. The molecule has 0 bridgehead atoms. The standard InChI is InChI=1S/C9H6Cl2N2S/c1-5-2-3-8(14-5)7-4-6(10)9(11)13-12-7/h2-4H,1H3. The molecule has 2 aromatic heterocycles. The van der Waals surface area contributed by atoms with Crippen molar-refractivity contribution in [3.05, 3.63) is 33.3 Å². The Balaban J connectivity index is 2.47. The first-order chi connectivity index (χ1) is 6.66. The Labute approximate surface area is 95.5 Å². The Kier molecular flexibility index (Phi) is 2.72. The first-order valence-corrected chi connectivity index (χ1v) is 5.49. The summed E-state index contributed by atoms with van der Waals surface area (Å²) in [5.74, 6) is 0. The molecule has 5 heteroatoms. The SMILES string of the molecule is Cc1ccc(-c2cc(Cl)c(Cl)nn2)s1. The number of aromatic nitrogens is 2. The lowest BCUT2D eigenvalue weighted by Gasteiger charge is -1.97. The molecule has 0 saturated heterocycles. The molecule has 0 saturated carbocycles. The van der Waals surface area contributed by atoms with Crippen molar-refractivity contribution in [1.29, 1.82) is 0 Å². The minimum atomic E-state index is 0.240. The van der Waals surface area contributed by atoms with Crippen LogP contribution in [-0.2, 0) is 0 Å². The van der Waals surface area contributed by atoms with E-state index in [0.29, 0.717) is 5.02 Å². The van der Waals surface area contributed by atoms with Crippen molar-refractivity contribution in [2.24, 2.45) is 0 Å². The first kappa shape index (κ1) is 9.90. The van der Waals surface area contributed by atoms with Gasteiger partial charge in [0.2, 0.25) is 0 Å². The molecular formula is C9H6Cl2N2S. The summed E-state index contributed by atoms with van der Waals surface area (Å²) in [7, 11) is 0. The van der Waals surface area contributed by atoms with Crippen molar-refractivity contribution in [2.75, 3.05) is 0 Å². The average Bonchev–Trinajstić information content (AvgIpc) is 2.57. The molecule has 0 N–H and O–H groups in total. The monoisotopic (exact) mass is 244 g/mol. The summed E-state index contributed by atoms with van der Waals surface area (Å²) >= 11 is 13.2. The van der Waals surface area contributed by atoms with Crippen LogP contribution in [0.5, 0.6) is 0 Å². The maximum atomic E-state index is 5.84. The van der Waals surface area contributed by atoms with Gasteiger partial charge in [0.15, 0.2) is 5.15 Å². The average molecular weight is 245 g/mol. The molecule has 14 heavy (non-hydrogen) atoms. The van der Waals surface area contributed by atoms with Crippen LogP contribution in [0.4, 0.5) is 0 Å². The highest BCUT2D eigenvalue weighted by atomic mass is 35.5. The minimum Gasteiger partial charge on any atom is -0.148 e. The van der Waals surface area contributed by atoms with E-state index in [1.807, 2.05) is 19.1 Å². The molecule has 0 amide bonds. The van der Waals surface area contributed by atoms with E-state index in [0.717, 1.165) is 10.6 Å². The van der Waals surface area contributed by atoms with E-state index in [1.165, 1.54) is 4.88 Å². The predicted octanol–water partition coefficient (Wildman–Crippen LogP) is 3.82. The van der Waals surface area contributed by atoms with Gasteiger partial charge in [0.05, 0.1) is 9.90 Å². The molecule has 0 aromatic carbocycles. The van der Waals surface area contributed by atoms with E-state index in [-0.39, 0.29) is 5.15 Å². The second-order valence-corrected chi connectivity index (χ2v) is 4.83. The Morgan fingerprint density at radius 2 is 2.00 bits per heavy atom. The molecule has 0 spiro atoms. The number of aryl methyl sites for hydroxylation is 1. The Morgan fingerprint density at radius 1 is 1.21 bits per heavy atom. The van der Waals surface area contributed by atoms with Crippen LogP contribution in [0.3, 0.4) is 0 Å². The van der Waals surface area contributed by atoms with Crippen LogP contribution >= 0.6 is 34.5 Å². The summed E-state index contributed by atoms with van der Waals surface area (Å²) in [6.07, 6.45) is 0. The van der Waals surface area contributed by atoms with Crippen molar-refractivity contribution >= 4 is 34.5 Å². The third-order valence-electron chi connectivity index (χ3n) is 1.70. The lowest BCUT2D eigenvalue weighted by atomic mass is 10.3. The molecule has 0 atom stereocenters. The van der Waals surface area contributed by atoms with E-state index >= 15 is 0 Å². The van der Waals surface area contributed by atoms with Crippen LogP contribution in [0, 0.1) is 6.92 Å². The summed E-state index contributed by atoms with van der Waals surface area (Å²) in [4.78, 5) is 2.28. The van der Waals surface area contributed by atoms with E-state index in [9.17, 15) is 0 Å². The smallest absolute Gasteiger partial charge is 0.148 e. The van der Waals surface area contributed by atoms with Crippen LogP contribution in [0.2, 0.25) is 10.2 Å². The fourth-order valence-corrected chi connectivity index (χ4v) is 2.10. The van der Waals surface area contributed by atoms with Crippen LogP contribution in [0.25, 0.3) is 10.6 Å². The van der Waals surface area contributed by atoms with Gasteiger partial charge in [-0.2, -0.15) is 0 Å². The molecule has 2 rings (SSSR count). The molecule has 0 aliphatic heterocycles. The maximum absolute atomic E-state index is 5.84. The highest BCUT2D eigenvalue weighted by molar-refractivity contribution is 7.15. The zero-order valence-electron chi connectivity index (χ0n) is 7.29. The molecule has 0 fully saturated rings. The molecule has 2 nitrogen and oxygen atoms in total. The number of thiophene rings is 1. The summed E-state index contributed by atoms with van der Waals surface area (Å²) in [6, 6.07) is 5.75. The second kappa shape index (κ2) is 3.85. The fraction of sp³-hybridized carbons (Fsp3) is 0.111. The van der Waals surface area contributed by atoms with Gasteiger partial charge in [0.1, 0.15) is 5.69 Å². The molecule has 2 heterocycles. The van der Waals surface area contributed by atoms with Gasteiger partial charge in [-0.1, -0.05) is 23.2 Å². The first-order valence-electron chi connectivity index (χ1n) is 3.92. The van der Waals surface area contributed by atoms with Crippen molar-refractivity contribution in [3.8, 4) is 10.6 Å². The van der Waals surface area contributed by atoms with E-state index in [1.54, 1.807) is 17.4 Å². The van der Waals surface area contributed by atoms with E-state index < -0.39 is 0 Å². The molecule has 2 aromatic rings. The lowest BCUT2D eigenvalue weighted by Crippen LogP contribution is -1.86. The van der Waals surface area contributed by atoms with Crippen LogP contribution in [0.1, 0.15) is 4.88 Å². The minimum absolute atomic E-state index is 0.240. The van der Waals surface area contributed by atoms with E-state index in [2.05, 4.69) is 10.2 Å². The second-order valence-electron chi connectivity index (χ2n) is 2.78. The van der Waals surface area contributed by atoms with Gasteiger partial charge in [0, 0.05) is 4.88 Å². The van der Waals surface area contributed by atoms with Crippen molar-refractivity contribution in [3.63, 3.8) is 0 Å². The number of rotatable bonds is 1. The van der Waals surface area contributed by atoms with Gasteiger partial charge >= 0.3 is 0 Å². The topological polar surface area (TPSA) is 25.8 Å². The highest BCUT2D eigenvalue weighted by Gasteiger charge is 2.06. The molecule has 0 radical (unpaired) electrons. The maximum Gasteiger partial charge on any atom is 0.170 e. The number of halogens is 2. The van der Waals surface area contributed by atoms with Crippen molar-refractivity contribution < 1.29 is 0 Å². The quantitative estimate of drug-likeness (QED) is 0.763. The van der Waals surface area contributed by atoms with Crippen LogP contribution in [-0.4, -0.2) is 10.2 Å². The van der Waals surface area contributed by atoms with Crippen molar-refractivity contribution in [2.45, 2.75) is 6.92 Å². The summed E-state index contributed by atoms with van der Waals surface area (Å²) in [6.45, 7) is 2.04. The molecule has 72 valence electrons. The van der Waals surface area contributed by atoms with E-state index in [4.69, 9.17) is 23.2 Å². The summed E-state index contributed by atoms with van der Waals surface area (Å²) in [5.41, 5.74) is 0.762. The fourth-order valence-electron chi connectivity index (χ4n) is 1.05. The number of hydrogen-bond donors (Lipinski definition) is 0. The zero-order valence-corrected chi connectivity index (χ0v) is 9.62. The van der Waals surface area contributed by atoms with Crippen LogP contribution < -0.4 is 0 Å². The van der Waals surface area contributed by atoms with Gasteiger partial charge in [-0.25, -0.2) is 0 Å². The van der Waals surface area contributed by atoms with Gasteiger partial charge in [-0.15, -0.1) is 21.5 Å².